The molecule has 1 amide bonds. The molecule has 0 bridgehead atoms. The van der Waals surface area contributed by atoms with Gasteiger partial charge in [-0.1, -0.05) is 6.07 Å². The van der Waals surface area contributed by atoms with Crippen LogP contribution in [0, 0.1) is 12.7 Å². The van der Waals surface area contributed by atoms with Crippen LogP contribution in [-0.2, 0) is 0 Å². The van der Waals surface area contributed by atoms with Crippen LogP contribution in [0.4, 0.5) is 15.8 Å². The fourth-order valence-electron chi connectivity index (χ4n) is 3.09. The van der Waals surface area contributed by atoms with Gasteiger partial charge in [0.15, 0.2) is 0 Å². The first-order chi connectivity index (χ1) is 11.6. The molecule has 0 saturated heterocycles. The number of nitrogens with zero attached hydrogens (tertiary/aromatic N) is 2. The van der Waals surface area contributed by atoms with E-state index < -0.39 is 5.91 Å². The van der Waals surface area contributed by atoms with Gasteiger partial charge in [-0.2, -0.15) is 0 Å². The Hall–Kier alpha value is -2.89. The summed E-state index contributed by atoms with van der Waals surface area (Å²) in [6, 6.07) is 7.04. The zero-order chi connectivity index (χ0) is 16.8. The number of nitrogens with two attached hydrogens (primary N) is 1. The number of carbonyl (C=O) groups excluding carboxylic acids is 1. The zero-order valence-corrected chi connectivity index (χ0v) is 13.2. The van der Waals surface area contributed by atoms with Gasteiger partial charge in [0.2, 0.25) is 0 Å². The van der Waals surface area contributed by atoms with E-state index in [9.17, 15) is 9.18 Å². The van der Waals surface area contributed by atoms with E-state index in [2.05, 4.69) is 10.3 Å². The van der Waals surface area contributed by atoms with Crippen LogP contribution in [0.1, 0.15) is 34.9 Å². The lowest BCUT2D eigenvalue weighted by Gasteiger charge is -2.11. The molecule has 0 radical (unpaired) electrons. The minimum Gasteiger partial charge on any atom is -0.364 e. The first-order valence-corrected chi connectivity index (χ1v) is 7.87. The molecule has 3 N–H and O–H groups in total. The predicted octanol–water partition coefficient (Wildman–Crippen LogP) is 3.66. The summed E-state index contributed by atoms with van der Waals surface area (Å²) in [6.07, 6.45) is 5.37. The van der Waals surface area contributed by atoms with Gasteiger partial charge in [-0.05, 0) is 43.5 Å². The molecule has 4 rings (SSSR count). The van der Waals surface area contributed by atoms with E-state index in [1.54, 1.807) is 18.5 Å². The second-order valence-electron chi connectivity index (χ2n) is 6.19. The van der Waals surface area contributed by atoms with Crippen LogP contribution in [-0.4, -0.2) is 15.5 Å². The lowest BCUT2D eigenvalue weighted by molar-refractivity contribution is 0.0992. The Morgan fingerprint density at radius 3 is 2.83 bits per heavy atom. The van der Waals surface area contributed by atoms with Crippen LogP contribution < -0.4 is 11.1 Å². The van der Waals surface area contributed by atoms with Crippen molar-refractivity contribution in [3.05, 3.63) is 53.7 Å². The molecule has 3 aromatic rings. The third kappa shape index (κ3) is 2.31. The van der Waals surface area contributed by atoms with Crippen LogP contribution in [0.15, 0.2) is 36.7 Å². The molecule has 1 aliphatic carbocycles. The Kier molecular flexibility index (Phi) is 3.26. The van der Waals surface area contributed by atoms with Crippen molar-refractivity contribution >= 4 is 28.2 Å². The van der Waals surface area contributed by atoms with Crippen LogP contribution in [0.3, 0.4) is 0 Å². The Morgan fingerprint density at radius 2 is 2.17 bits per heavy atom. The summed E-state index contributed by atoms with van der Waals surface area (Å²) in [5.41, 5.74) is 8.56. The molecule has 1 aromatic carbocycles. The number of halogens is 1. The van der Waals surface area contributed by atoms with Crippen molar-refractivity contribution in [1.29, 1.82) is 0 Å². The van der Waals surface area contributed by atoms with E-state index in [-0.39, 0.29) is 11.9 Å². The molecular formula is C18H17FN4O. The SMILES string of the molecule is Cc1ccc(Nc2c(C(N)=O)n(C3CC3)c3ccncc23)c(F)c1. The quantitative estimate of drug-likeness (QED) is 0.769. The number of pyridine rings is 1. The van der Waals surface area contributed by atoms with Crippen LogP contribution >= 0.6 is 0 Å². The maximum Gasteiger partial charge on any atom is 0.267 e. The molecule has 1 fully saturated rings. The fourth-order valence-corrected chi connectivity index (χ4v) is 3.09. The molecular weight excluding hydrogens is 307 g/mol. The first kappa shape index (κ1) is 14.7. The number of primary amides is 1. The summed E-state index contributed by atoms with van der Waals surface area (Å²) in [5.74, 6) is -0.908. The number of aromatic nitrogens is 2. The number of nitrogens with one attached hydrogen (secondary N) is 1. The minimum absolute atomic E-state index is 0.260. The van der Waals surface area contributed by atoms with Crippen LogP contribution in [0.2, 0.25) is 0 Å². The Morgan fingerprint density at radius 1 is 1.38 bits per heavy atom. The molecule has 2 aromatic heterocycles. The third-order valence-corrected chi connectivity index (χ3v) is 4.33. The number of amides is 1. The van der Waals surface area contributed by atoms with Gasteiger partial charge in [-0.3, -0.25) is 9.78 Å². The maximum atomic E-state index is 14.2. The van der Waals surface area contributed by atoms with Gasteiger partial charge in [0.25, 0.3) is 5.91 Å². The number of rotatable bonds is 4. The predicted molar refractivity (Wildman–Crippen MR) is 90.9 cm³/mol. The molecule has 24 heavy (non-hydrogen) atoms. The van der Waals surface area contributed by atoms with E-state index in [0.29, 0.717) is 17.1 Å². The average Bonchev–Trinajstić information content (AvgIpc) is 3.33. The van der Waals surface area contributed by atoms with E-state index in [4.69, 9.17) is 5.73 Å². The molecule has 5 nitrogen and oxygen atoms in total. The number of benzene rings is 1. The Bertz CT molecular complexity index is 959. The van der Waals surface area contributed by atoms with Gasteiger partial charge in [-0.15, -0.1) is 0 Å². The summed E-state index contributed by atoms with van der Waals surface area (Å²) in [6.45, 7) is 1.82. The second kappa shape index (κ2) is 5.33. The summed E-state index contributed by atoms with van der Waals surface area (Å²) in [5, 5.41) is 3.82. The lowest BCUT2D eigenvalue weighted by atomic mass is 10.2. The van der Waals surface area contributed by atoms with Gasteiger partial charge in [0.1, 0.15) is 11.5 Å². The molecule has 1 aliphatic rings. The van der Waals surface area contributed by atoms with E-state index in [1.165, 1.54) is 6.07 Å². The number of aryl methyl sites for hydroxylation is 1. The van der Waals surface area contributed by atoms with Crippen molar-refractivity contribution in [3.63, 3.8) is 0 Å². The molecule has 6 heteroatoms. The zero-order valence-electron chi connectivity index (χ0n) is 13.2. The standard InChI is InChI=1S/C18H17FN4O/c1-10-2-5-14(13(19)8-10)22-16-12-9-21-7-6-15(12)23(11-3-4-11)17(16)18(20)24/h2,5-9,11,22H,3-4H2,1H3,(H2,20,24). The number of hydrogen-bond donors (Lipinski definition) is 2. The van der Waals surface area contributed by atoms with Crippen molar-refractivity contribution in [2.75, 3.05) is 5.32 Å². The molecule has 1 saturated carbocycles. The Labute approximate surface area is 138 Å². The van der Waals surface area contributed by atoms with E-state index >= 15 is 0 Å². The summed E-state index contributed by atoms with van der Waals surface area (Å²) in [4.78, 5) is 16.3. The highest BCUT2D eigenvalue weighted by Crippen LogP contribution is 2.43. The smallest absolute Gasteiger partial charge is 0.267 e. The number of hydrogen-bond acceptors (Lipinski definition) is 3. The maximum absolute atomic E-state index is 14.2. The topological polar surface area (TPSA) is 72.9 Å². The third-order valence-electron chi connectivity index (χ3n) is 4.33. The van der Waals surface area contributed by atoms with E-state index in [0.717, 1.165) is 29.3 Å². The Balaban J connectivity index is 1.93. The molecule has 122 valence electrons. The van der Waals surface area contributed by atoms with E-state index in [1.807, 2.05) is 23.6 Å². The summed E-state index contributed by atoms with van der Waals surface area (Å²) < 4.78 is 16.2. The fraction of sp³-hybridized carbons (Fsp3) is 0.222. The van der Waals surface area contributed by atoms with Gasteiger partial charge >= 0.3 is 0 Å². The summed E-state index contributed by atoms with van der Waals surface area (Å²) >= 11 is 0. The highest BCUT2D eigenvalue weighted by molar-refractivity contribution is 6.09. The lowest BCUT2D eigenvalue weighted by Crippen LogP contribution is -2.18. The molecule has 0 atom stereocenters. The minimum atomic E-state index is -0.534. The molecule has 0 unspecified atom stereocenters. The number of anilines is 2. The van der Waals surface area contributed by atoms with Crippen molar-refractivity contribution < 1.29 is 9.18 Å². The van der Waals surface area contributed by atoms with Crippen molar-refractivity contribution in [1.82, 2.24) is 9.55 Å². The van der Waals surface area contributed by atoms with Crippen molar-refractivity contribution in [2.45, 2.75) is 25.8 Å². The normalized spacial score (nSPS) is 14.1. The van der Waals surface area contributed by atoms with Gasteiger partial charge in [0, 0.05) is 23.8 Å². The van der Waals surface area contributed by atoms with Crippen LogP contribution in [0.5, 0.6) is 0 Å². The highest BCUT2D eigenvalue weighted by atomic mass is 19.1. The van der Waals surface area contributed by atoms with Crippen molar-refractivity contribution in [3.8, 4) is 0 Å². The monoisotopic (exact) mass is 324 g/mol. The molecule has 0 aliphatic heterocycles. The van der Waals surface area contributed by atoms with Crippen LogP contribution in [0.25, 0.3) is 10.9 Å². The summed E-state index contributed by atoms with van der Waals surface area (Å²) in [7, 11) is 0. The van der Waals surface area contributed by atoms with Gasteiger partial charge in [0.05, 0.1) is 16.9 Å². The largest absolute Gasteiger partial charge is 0.364 e. The average molecular weight is 324 g/mol. The van der Waals surface area contributed by atoms with Crippen molar-refractivity contribution in [2.24, 2.45) is 5.73 Å². The highest BCUT2D eigenvalue weighted by Gasteiger charge is 2.32. The first-order valence-electron chi connectivity index (χ1n) is 7.87. The van der Waals surface area contributed by atoms with Gasteiger partial charge < -0.3 is 15.6 Å². The molecule has 2 heterocycles. The molecule has 0 spiro atoms. The van der Waals surface area contributed by atoms with Gasteiger partial charge in [-0.25, -0.2) is 4.39 Å². The number of fused-ring (bicyclic) bond motifs is 1. The second-order valence-corrected chi connectivity index (χ2v) is 6.19. The number of carbonyl (C=O) groups is 1.